The van der Waals surface area contributed by atoms with Gasteiger partial charge in [-0.3, -0.25) is 0 Å². The van der Waals surface area contributed by atoms with Crippen molar-refractivity contribution in [1.29, 1.82) is 0 Å². The summed E-state index contributed by atoms with van der Waals surface area (Å²) in [5.41, 5.74) is 6.01. The minimum atomic E-state index is -0.00367. The molecule has 1 aromatic carbocycles. The second-order valence-electron chi connectivity index (χ2n) is 3.57. The summed E-state index contributed by atoms with van der Waals surface area (Å²) in [5.74, 6) is 0.854. The lowest BCUT2D eigenvalue weighted by Gasteiger charge is -2.05. The lowest BCUT2D eigenvalue weighted by atomic mass is 10.2. The molecule has 0 saturated heterocycles. The molecule has 0 fully saturated rings. The molecule has 2 rings (SSSR count). The lowest BCUT2D eigenvalue weighted by molar-refractivity contribution is 0.318. The molecule has 6 heteroatoms. The molecule has 0 bridgehead atoms. The Labute approximate surface area is 113 Å². The molecular weight excluding hydrogens is 272 g/mol. The van der Waals surface area contributed by atoms with E-state index in [0.29, 0.717) is 10.6 Å². The van der Waals surface area contributed by atoms with Crippen LogP contribution in [-0.2, 0) is 0 Å². The van der Waals surface area contributed by atoms with Gasteiger partial charge in [0.05, 0.1) is 16.2 Å². The van der Waals surface area contributed by atoms with E-state index in [9.17, 15) is 0 Å². The van der Waals surface area contributed by atoms with Crippen LogP contribution in [0.5, 0.6) is 0 Å². The summed E-state index contributed by atoms with van der Waals surface area (Å²) in [5, 5.41) is 12.0. The van der Waals surface area contributed by atoms with E-state index >= 15 is 0 Å². The molecule has 0 aliphatic heterocycles. The van der Waals surface area contributed by atoms with Crippen LogP contribution < -0.4 is 5.73 Å². The SMILES string of the molecule is Cc1occc1Sc1ccc(/C(N)=N/O)c(Cl)c1. The van der Waals surface area contributed by atoms with Gasteiger partial charge < -0.3 is 15.4 Å². The van der Waals surface area contributed by atoms with Crippen LogP contribution in [0.4, 0.5) is 0 Å². The zero-order valence-corrected chi connectivity index (χ0v) is 11.1. The average Bonchev–Trinajstić information content (AvgIpc) is 2.74. The van der Waals surface area contributed by atoms with Crippen molar-refractivity contribution in [2.75, 3.05) is 0 Å². The van der Waals surface area contributed by atoms with Gasteiger partial charge in [-0.05, 0) is 31.2 Å². The molecule has 0 amide bonds. The maximum atomic E-state index is 8.61. The van der Waals surface area contributed by atoms with Crippen molar-refractivity contribution < 1.29 is 9.62 Å². The monoisotopic (exact) mass is 282 g/mol. The minimum absolute atomic E-state index is 0.00367. The first-order chi connectivity index (χ1) is 8.61. The number of rotatable bonds is 3. The smallest absolute Gasteiger partial charge is 0.171 e. The highest BCUT2D eigenvalue weighted by molar-refractivity contribution is 7.99. The van der Waals surface area contributed by atoms with E-state index in [4.69, 9.17) is 27.0 Å². The van der Waals surface area contributed by atoms with Crippen LogP contribution in [0.3, 0.4) is 0 Å². The summed E-state index contributed by atoms with van der Waals surface area (Å²) >= 11 is 7.62. The first-order valence-corrected chi connectivity index (χ1v) is 6.30. The molecule has 0 atom stereocenters. The molecule has 94 valence electrons. The van der Waals surface area contributed by atoms with Gasteiger partial charge in [0.1, 0.15) is 5.76 Å². The number of hydrogen-bond acceptors (Lipinski definition) is 4. The maximum absolute atomic E-state index is 8.61. The van der Waals surface area contributed by atoms with Crippen LogP contribution >= 0.6 is 23.4 Å². The Bertz CT molecular complexity index is 596. The number of amidine groups is 1. The van der Waals surface area contributed by atoms with Gasteiger partial charge in [-0.15, -0.1) is 0 Å². The van der Waals surface area contributed by atoms with E-state index in [-0.39, 0.29) is 5.84 Å². The zero-order chi connectivity index (χ0) is 13.1. The van der Waals surface area contributed by atoms with Gasteiger partial charge in [0.25, 0.3) is 0 Å². The van der Waals surface area contributed by atoms with E-state index in [1.165, 1.54) is 0 Å². The molecule has 0 saturated carbocycles. The van der Waals surface area contributed by atoms with Crippen LogP contribution in [0.25, 0.3) is 0 Å². The number of nitrogens with two attached hydrogens (primary N) is 1. The predicted octanol–water partition coefficient (Wildman–Crippen LogP) is 3.49. The van der Waals surface area contributed by atoms with E-state index in [1.807, 2.05) is 19.1 Å². The topological polar surface area (TPSA) is 71.8 Å². The number of halogens is 1. The Kier molecular flexibility index (Phi) is 3.84. The molecule has 1 aromatic heterocycles. The van der Waals surface area contributed by atoms with Crippen molar-refractivity contribution in [3.05, 3.63) is 46.9 Å². The van der Waals surface area contributed by atoms with Crippen molar-refractivity contribution in [1.82, 2.24) is 0 Å². The third-order valence-corrected chi connectivity index (χ3v) is 3.81. The van der Waals surface area contributed by atoms with E-state index in [0.717, 1.165) is 15.6 Å². The number of benzene rings is 1. The van der Waals surface area contributed by atoms with Gasteiger partial charge in [0, 0.05) is 10.5 Å². The summed E-state index contributed by atoms with van der Waals surface area (Å²) < 4.78 is 5.22. The van der Waals surface area contributed by atoms with Crippen LogP contribution in [0, 0.1) is 6.92 Å². The molecule has 4 nitrogen and oxygen atoms in total. The number of furan rings is 1. The fourth-order valence-electron chi connectivity index (χ4n) is 1.43. The van der Waals surface area contributed by atoms with Crippen LogP contribution in [-0.4, -0.2) is 11.0 Å². The van der Waals surface area contributed by atoms with Crippen molar-refractivity contribution in [3.63, 3.8) is 0 Å². The quantitative estimate of drug-likeness (QED) is 0.391. The van der Waals surface area contributed by atoms with E-state index in [2.05, 4.69) is 5.16 Å². The molecule has 0 spiro atoms. The van der Waals surface area contributed by atoms with Crippen molar-refractivity contribution in [2.24, 2.45) is 10.9 Å². The fraction of sp³-hybridized carbons (Fsp3) is 0.0833. The first kappa shape index (κ1) is 12.9. The summed E-state index contributed by atoms with van der Waals surface area (Å²) in [6.07, 6.45) is 1.64. The minimum Gasteiger partial charge on any atom is -0.468 e. The van der Waals surface area contributed by atoms with Crippen LogP contribution in [0.15, 0.2) is 49.9 Å². The van der Waals surface area contributed by atoms with Crippen molar-refractivity contribution >= 4 is 29.2 Å². The van der Waals surface area contributed by atoms with Gasteiger partial charge in [-0.25, -0.2) is 0 Å². The normalized spacial score (nSPS) is 11.8. The number of oxime groups is 1. The van der Waals surface area contributed by atoms with Gasteiger partial charge in [-0.1, -0.05) is 28.5 Å². The lowest BCUT2D eigenvalue weighted by Crippen LogP contribution is -2.13. The Hall–Kier alpha value is -1.59. The summed E-state index contributed by atoms with van der Waals surface area (Å²) in [4.78, 5) is 1.99. The molecule has 0 aliphatic rings. The Morgan fingerprint density at radius 3 is 2.78 bits per heavy atom. The van der Waals surface area contributed by atoms with Crippen LogP contribution in [0.2, 0.25) is 5.02 Å². The molecule has 1 heterocycles. The van der Waals surface area contributed by atoms with Gasteiger partial charge in [0.2, 0.25) is 0 Å². The standard InChI is InChI=1S/C12H11ClN2O2S/c1-7-11(4-5-17-7)18-8-2-3-9(10(13)6-8)12(14)15-16/h2-6,16H,1H3,(H2,14,15). The van der Waals surface area contributed by atoms with Gasteiger partial charge >= 0.3 is 0 Å². The molecule has 0 radical (unpaired) electrons. The zero-order valence-electron chi connectivity index (χ0n) is 9.55. The first-order valence-electron chi connectivity index (χ1n) is 5.11. The van der Waals surface area contributed by atoms with E-state index in [1.54, 1.807) is 30.2 Å². The fourth-order valence-corrected chi connectivity index (χ4v) is 2.65. The molecule has 3 N–H and O–H groups in total. The number of nitrogens with zero attached hydrogens (tertiary/aromatic N) is 1. The molecule has 0 unspecified atom stereocenters. The molecular formula is C12H11ClN2O2S. The third-order valence-electron chi connectivity index (χ3n) is 2.36. The number of hydrogen-bond donors (Lipinski definition) is 2. The van der Waals surface area contributed by atoms with Crippen molar-refractivity contribution in [3.8, 4) is 0 Å². The predicted molar refractivity (Wildman–Crippen MR) is 71.5 cm³/mol. The second-order valence-corrected chi connectivity index (χ2v) is 5.09. The second kappa shape index (κ2) is 5.37. The van der Waals surface area contributed by atoms with Crippen molar-refractivity contribution in [2.45, 2.75) is 16.7 Å². The largest absolute Gasteiger partial charge is 0.468 e. The summed E-state index contributed by atoms with van der Waals surface area (Å²) in [6, 6.07) is 7.24. The summed E-state index contributed by atoms with van der Waals surface area (Å²) in [6.45, 7) is 1.90. The maximum Gasteiger partial charge on any atom is 0.171 e. The Morgan fingerprint density at radius 1 is 1.44 bits per heavy atom. The van der Waals surface area contributed by atoms with Gasteiger partial charge in [-0.2, -0.15) is 0 Å². The summed E-state index contributed by atoms with van der Waals surface area (Å²) in [7, 11) is 0. The number of aryl methyl sites for hydroxylation is 1. The Balaban J connectivity index is 2.27. The van der Waals surface area contributed by atoms with Gasteiger partial charge in [0.15, 0.2) is 5.84 Å². The molecule has 2 aromatic rings. The third kappa shape index (κ3) is 2.63. The van der Waals surface area contributed by atoms with E-state index < -0.39 is 0 Å². The highest BCUT2D eigenvalue weighted by Crippen LogP contribution is 2.33. The average molecular weight is 283 g/mol. The highest BCUT2D eigenvalue weighted by Gasteiger charge is 2.09. The Morgan fingerprint density at radius 2 is 2.22 bits per heavy atom. The molecule has 0 aliphatic carbocycles. The molecule has 18 heavy (non-hydrogen) atoms. The van der Waals surface area contributed by atoms with Crippen LogP contribution in [0.1, 0.15) is 11.3 Å². The highest BCUT2D eigenvalue weighted by atomic mass is 35.5.